The van der Waals surface area contributed by atoms with Crippen LogP contribution in [0, 0.1) is 5.92 Å². The molecule has 2 atom stereocenters. The lowest BCUT2D eigenvalue weighted by Crippen LogP contribution is -2.46. The molecule has 0 aliphatic carbocycles. The SMILES string of the molecule is CCC(C)C(=O)N1CSCC1C(=O)Nc1cccc(CN2CCCC2=O)c1. The zero-order valence-electron chi connectivity index (χ0n) is 15.9. The minimum absolute atomic E-state index is 0.0453. The summed E-state index contributed by atoms with van der Waals surface area (Å²) in [4.78, 5) is 40.6. The Kier molecular flexibility index (Phi) is 6.42. The van der Waals surface area contributed by atoms with Crippen molar-refractivity contribution in [3.05, 3.63) is 29.8 Å². The first kappa shape index (κ1) is 19.7. The number of nitrogens with one attached hydrogen (secondary N) is 1. The summed E-state index contributed by atoms with van der Waals surface area (Å²) in [6.07, 6.45) is 2.30. The zero-order chi connectivity index (χ0) is 19.4. The van der Waals surface area contributed by atoms with Gasteiger partial charge >= 0.3 is 0 Å². The summed E-state index contributed by atoms with van der Waals surface area (Å²) in [7, 11) is 0. The van der Waals surface area contributed by atoms with Gasteiger partial charge in [-0.2, -0.15) is 0 Å². The Balaban J connectivity index is 1.64. The molecule has 0 saturated carbocycles. The van der Waals surface area contributed by atoms with Crippen LogP contribution in [0.3, 0.4) is 0 Å². The van der Waals surface area contributed by atoms with Crippen LogP contribution >= 0.6 is 11.8 Å². The largest absolute Gasteiger partial charge is 0.338 e. The number of thioether (sulfide) groups is 1. The van der Waals surface area contributed by atoms with Gasteiger partial charge in [-0.25, -0.2) is 0 Å². The van der Waals surface area contributed by atoms with Gasteiger partial charge in [0.25, 0.3) is 0 Å². The van der Waals surface area contributed by atoms with Crippen LogP contribution in [0.25, 0.3) is 0 Å². The first-order chi connectivity index (χ1) is 13.0. The number of rotatable bonds is 6. The molecular weight excluding hydrogens is 362 g/mol. The summed E-state index contributed by atoms with van der Waals surface area (Å²) in [5.41, 5.74) is 1.70. The molecule has 2 aliphatic heterocycles. The molecule has 0 radical (unpaired) electrons. The van der Waals surface area contributed by atoms with E-state index in [1.54, 1.807) is 16.7 Å². The molecule has 2 heterocycles. The molecule has 3 amide bonds. The Morgan fingerprint density at radius 3 is 2.89 bits per heavy atom. The third-order valence-corrected chi connectivity index (χ3v) is 6.25. The molecule has 2 unspecified atom stereocenters. The number of amides is 3. The van der Waals surface area contributed by atoms with Gasteiger partial charge in [-0.05, 0) is 30.5 Å². The fourth-order valence-corrected chi connectivity index (χ4v) is 4.56. The fourth-order valence-electron chi connectivity index (χ4n) is 3.40. The van der Waals surface area contributed by atoms with Gasteiger partial charge in [-0.3, -0.25) is 14.4 Å². The van der Waals surface area contributed by atoms with E-state index >= 15 is 0 Å². The van der Waals surface area contributed by atoms with Crippen molar-refractivity contribution in [1.82, 2.24) is 9.80 Å². The average molecular weight is 390 g/mol. The van der Waals surface area contributed by atoms with Crippen LogP contribution < -0.4 is 5.32 Å². The zero-order valence-corrected chi connectivity index (χ0v) is 16.8. The van der Waals surface area contributed by atoms with Gasteiger partial charge in [0.1, 0.15) is 6.04 Å². The third-order valence-electron chi connectivity index (χ3n) is 5.24. The number of carbonyl (C=O) groups is 3. The normalized spacial score (nSPS) is 20.8. The number of carbonyl (C=O) groups excluding carboxylic acids is 3. The Morgan fingerprint density at radius 1 is 1.37 bits per heavy atom. The molecule has 2 fully saturated rings. The lowest BCUT2D eigenvalue weighted by molar-refractivity contribution is -0.139. The second-order valence-electron chi connectivity index (χ2n) is 7.24. The standard InChI is InChI=1S/C20H27N3O3S/c1-3-14(2)20(26)23-13-27-12-17(23)19(25)21-16-7-4-6-15(10-16)11-22-9-5-8-18(22)24/h4,6-7,10,14,17H,3,5,8-9,11-13H2,1-2H3,(H,21,25). The molecule has 7 heteroatoms. The first-order valence-corrected chi connectivity index (χ1v) is 10.7. The van der Waals surface area contributed by atoms with Crippen molar-refractivity contribution in [2.24, 2.45) is 5.92 Å². The minimum atomic E-state index is -0.430. The van der Waals surface area contributed by atoms with E-state index < -0.39 is 6.04 Å². The van der Waals surface area contributed by atoms with Crippen molar-refractivity contribution in [2.45, 2.75) is 45.7 Å². The summed E-state index contributed by atoms with van der Waals surface area (Å²) in [6, 6.07) is 7.17. The van der Waals surface area contributed by atoms with Crippen molar-refractivity contribution in [1.29, 1.82) is 0 Å². The molecule has 0 bridgehead atoms. The van der Waals surface area contributed by atoms with Crippen molar-refractivity contribution >= 4 is 35.2 Å². The van der Waals surface area contributed by atoms with Crippen LogP contribution in [0.1, 0.15) is 38.7 Å². The van der Waals surface area contributed by atoms with Crippen molar-refractivity contribution in [3.63, 3.8) is 0 Å². The summed E-state index contributed by atoms with van der Waals surface area (Å²) >= 11 is 1.61. The Labute approximate surface area is 164 Å². The highest BCUT2D eigenvalue weighted by Gasteiger charge is 2.36. The Bertz CT molecular complexity index is 724. The van der Waals surface area contributed by atoms with E-state index in [1.807, 2.05) is 43.0 Å². The summed E-state index contributed by atoms with van der Waals surface area (Å²) in [6.45, 7) is 5.25. The molecule has 6 nitrogen and oxygen atoms in total. The quantitative estimate of drug-likeness (QED) is 0.812. The predicted octanol–water partition coefficient (Wildman–Crippen LogP) is 2.70. The number of hydrogen-bond acceptors (Lipinski definition) is 4. The van der Waals surface area contributed by atoms with Gasteiger partial charge < -0.3 is 15.1 Å². The molecule has 0 aromatic heterocycles. The molecule has 146 valence electrons. The highest BCUT2D eigenvalue weighted by Crippen LogP contribution is 2.25. The van der Waals surface area contributed by atoms with E-state index in [1.165, 1.54) is 0 Å². The number of nitrogens with zero attached hydrogens (tertiary/aromatic N) is 2. The third kappa shape index (κ3) is 4.64. The Morgan fingerprint density at radius 2 is 2.19 bits per heavy atom. The van der Waals surface area contributed by atoms with Crippen LogP contribution in [0.15, 0.2) is 24.3 Å². The molecule has 0 spiro atoms. The van der Waals surface area contributed by atoms with Crippen LogP contribution in [0.4, 0.5) is 5.69 Å². The molecule has 27 heavy (non-hydrogen) atoms. The monoisotopic (exact) mass is 389 g/mol. The number of anilines is 1. The highest BCUT2D eigenvalue weighted by atomic mass is 32.2. The smallest absolute Gasteiger partial charge is 0.248 e. The molecular formula is C20H27N3O3S. The van der Waals surface area contributed by atoms with Gasteiger partial charge in [0.15, 0.2) is 0 Å². The fraction of sp³-hybridized carbons (Fsp3) is 0.550. The van der Waals surface area contributed by atoms with Crippen LogP contribution in [0.2, 0.25) is 0 Å². The second kappa shape index (κ2) is 8.78. The van der Waals surface area contributed by atoms with Gasteiger partial charge in [0.05, 0.1) is 5.88 Å². The lowest BCUT2D eigenvalue weighted by Gasteiger charge is -2.25. The number of likely N-dealkylation sites (tertiary alicyclic amines) is 1. The summed E-state index contributed by atoms with van der Waals surface area (Å²) < 4.78 is 0. The van der Waals surface area contributed by atoms with Gasteiger partial charge in [0, 0.05) is 36.9 Å². The van der Waals surface area contributed by atoms with E-state index in [-0.39, 0.29) is 23.6 Å². The molecule has 2 aliphatic rings. The minimum Gasteiger partial charge on any atom is -0.338 e. The lowest BCUT2D eigenvalue weighted by atomic mass is 10.1. The van der Waals surface area contributed by atoms with Crippen molar-refractivity contribution in [2.75, 3.05) is 23.5 Å². The summed E-state index contributed by atoms with van der Waals surface area (Å²) in [5.74, 6) is 1.20. The van der Waals surface area contributed by atoms with E-state index in [2.05, 4.69) is 5.32 Å². The van der Waals surface area contributed by atoms with Crippen molar-refractivity contribution in [3.8, 4) is 0 Å². The van der Waals surface area contributed by atoms with Crippen LogP contribution in [-0.4, -0.2) is 51.7 Å². The molecule has 1 aromatic carbocycles. The van der Waals surface area contributed by atoms with Crippen molar-refractivity contribution < 1.29 is 14.4 Å². The van der Waals surface area contributed by atoms with Gasteiger partial charge in [0.2, 0.25) is 17.7 Å². The molecule has 2 saturated heterocycles. The average Bonchev–Trinajstić information content (AvgIpc) is 3.30. The van der Waals surface area contributed by atoms with Gasteiger partial charge in [-0.1, -0.05) is 26.0 Å². The Hall–Kier alpha value is -2.02. The van der Waals surface area contributed by atoms with E-state index in [9.17, 15) is 14.4 Å². The maximum atomic E-state index is 12.8. The molecule has 1 N–H and O–H groups in total. The van der Waals surface area contributed by atoms with E-state index in [0.717, 1.165) is 24.9 Å². The maximum Gasteiger partial charge on any atom is 0.248 e. The topological polar surface area (TPSA) is 69.7 Å². The second-order valence-corrected chi connectivity index (χ2v) is 8.24. The first-order valence-electron chi connectivity index (χ1n) is 9.55. The maximum absolute atomic E-state index is 12.8. The molecule has 3 rings (SSSR count). The van der Waals surface area contributed by atoms with Crippen LogP contribution in [0.5, 0.6) is 0 Å². The van der Waals surface area contributed by atoms with Crippen LogP contribution in [-0.2, 0) is 20.9 Å². The van der Waals surface area contributed by atoms with E-state index in [4.69, 9.17) is 0 Å². The predicted molar refractivity (Wildman–Crippen MR) is 107 cm³/mol. The van der Waals surface area contributed by atoms with E-state index in [0.29, 0.717) is 30.3 Å². The highest BCUT2D eigenvalue weighted by molar-refractivity contribution is 7.99. The van der Waals surface area contributed by atoms with Gasteiger partial charge in [-0.15, -0.1) is 11.8 Å². The number of benzene rings is 1. The molecule has 1 aromatic rings. The number of hydrogen-bond donors (Lipinski definition) is 1. The summed E-state index contributed by atoms with van der Waals surface area (Å²) in [5, 5.41) is 2.95.